The van der Waals surface area contributed by atoms with E-state index in [0.717, 1.165) is 95.0 Å². The van der Waals surface area contributed by atoms with Gasteiger partial charge in [-0.15, -0.1) is 6.58 Å². The average Bonchev–Trinajstić information content (AvgIpc) is 1.59. The third-order valence-electron chi connectivity index (χ3n) is 27.5. The molecule has 2 fully saturated rings. The summed E-state index contributed by atoms with van der Waals surface area (Å²) in [6.07, 6.45) is 73.4. The fraction of sp³-hybridized carbons (Fsp3) is 0.776. The van der Waals surface area contributed by atoms with Gasteiger partial charge in [0.1, 0.15) is 0 Å². The Kier molecular flexibility index (Phi) is 41.8. The van der Waals surface area contributed by atoms with Crippen molar-refractivity contribution in [1.82, 2.24) is 18.3 Å². The van der Waals surface area contributed by atoms with Gasteiger partial charge in [-0.1, -0.05) is 343 Å². The van der Waals surface area contributed by atoms with Gasteiger partial charge in [0.15, 0.2) is 0 Å². The fourth-order valence-corrected chi connectivity index (χ4v) is 21.1. The lowest BCUT2D eigenvalue weighted by molar-refractivity contribution is 0.0464. The first-order chi connectivity index (χ1) is 54.3. The molecule has 6 aromatic rings. The van der Waals surface area contributed by atoms with Crippen LogP contribution < -0.4 is 44.5 Å². The summed E-state index contributed by atoms with van der Waals surface area (Å²) in [7, 11) is 0. The number of rotatable bonds is 63. The monoisotopic (exact) mass is 1530 g/mol. The third kappa shape index (κ3) is 26.9. The molecular weight excluding hydrogens is 1380 g/mol. The van der Waals surface area contributed by atoms with Crippen LogP contribution in [0.15, 0.2) is 75.3 Å². The molecule has 2 saturated carbocycles. The predicted octanol–water partition coefficient (Wildman–Crippen LogP) is 24.3. The molecule has 622 valence electrons. The summed E-state index contributed by atoms with van der Waals surface area (Å²) in [5.74, 6) is 6.88. The summed E-state index contributed by atoms with van der Waals surface area (Å²) >= 11 is 0. The van der Waals surface area contributed by atoms with Crippen molar-refractivity contribution in [2.45, 2.75) is 433 Å². The van der Waals surface area contributed by atoms with E-state index in [0.29, 0.717) is 12.8 Å². The average molecular weight is 1530 g/mol. The van der Waals surface area contributed by atoms with Crippen molar-refractivity contribution in [2.75, 3.05) is 6.61 Å². The largest absolute Gasteiger partial charge is 0.370 e. The molecule has 0 amide bonds. The van der Waals surface area contributed by atoms with E-state index in [-0.39, 0.29) is 75.9 Å². The standard InChI is InChI=1S/C98H156N4O9/c1-8-15-21-27-31-39-49-59-81-77(64-62-75(54-44-26-20-13-6)79(81)57-47-37-29-23-17-10-3)56-46-36-34-42-52-66-100-93(105)85-70-89-90(71-86(85)94(100)106)98(110)102(97(89)109)73-78(111-67-14-7)72-101-95(107)87-68-83-84(69-88(87)96(101)108)92(104)99(91(83)103)65-51-41-33-32-40-50-60-82-76(55-45-35-28-22-16-9-2)63-61-74(53-43-25-19-12-5)80(82)58-48-38-30-24-18-11-4/h14,68-71,74-82H,7-13,15-67,72-73H2,1-6H3. The number of ether oxygens (including phenoxy) is 1. The molecule has 4 heterocycles. The second-order valence-electron chi connectivity index (χ2n) is 35.7. The topological polar surface area (TPSA) is 166 Å². The van der Waals surface area contributed by atoms with Crippen molar-refractivity contribution in [2.24, 2.45) is 47.3 Å². The normalized spacial score (nSPS) is 19.3. The molecule has 2 aromatic carbocycles. The van der Waals surface area contributed by atoms with Crippen LogP contribution in [-0.4, -0.2) is 31.0 Å². The van der Waals surface area contributed by atoms with E-state index in [2.05, 4.69) is 48.1 Å². The van der Waals surface area contributed by atoms with E-state index in [4.69, 9.17) is 4.74 Å². The van der Waals surface area contributed by atoms with Crippen LogP contribution in [0.1, 0.15) is 401 Å². The first-order valence-corrected chi connectivity index (χ1v) is 47.3. The van der Waals surface area contributed by atoms with Crippen molar-refractivity contribution < 1.29 is 4.74 Å². The van der Waals surface area contributed by atoms with Crippen molar-refractivity contribution in [3.63, 3.8) is 0 Å². The minimum absolute atomic E-state index is 0.000799. The van der Waals surface area contributed by atoms with Crippen molar-refractivity contribution in [3.8, 4) is 0 Å². The van der Waals surface area contributed by atoms with E-state index < -0.39 is 50.6 Å². The highest BCUT2D eigenvalue weighted by Crippen LogP contribution is 2.50. The summed E-state index contributed by atoms with van der Waals surface area (Å²) in [4.78, 5) is 113. The molecule has 0 spiro atoms. The SMILES string of the molecule is C=CCOC(Cn1c(=O)c2cc3c(=O)n(CCCCCCCCC4C(CCCCCCCC)CCC(CCCCCC)C4CCCCCCCC)c(=O)c3cc2c1=O)Cn1c(=O)c2cc3c(=O)n(CCCCCCCC4CCC(CCCCCC)C(CCCCCCCC)C4CCCCCCCCC)c(=O)c3cc2c1=O. The maximum absolute atomic E-state index is 14.3. The predicted molar refractivity (Wildman–Crippen MR) is 470 cm³/mol. The van der Waals surface area contributed by atoms with E-state index in [1.807, 2.05) is 0 Å². The second kappa shape index (κ2) is 50.9. The molecule has 8 rings (SSSR count). The first-order valence-electron chi connectivity index (χ1n) is 47.3. The Morgan fingerprint density at radius 1 is 0.279 bits per heavy atom. The molecule has 0 bridgehead atoms. The number of unbranched alkanes of at least 4 members (excludes halogenated alkanes) is 36. The van der Waals surface area contributed by atoms with Crippen LogP contribution in [0.4, 0.5) is 0 Å². The summed E-state index contributed by atoms with van der Waals surface area (Å²) in [6, 6.07) is 5.48. The van der Waals surface area contributed by atoms with E-state index >= 15 is 0 Å². The molecule has 9 unspecified atom stereocenters. The van der Waals surface area contributed by atoms with Crippen LogP contribution in [0.2, 0.25) is 0 Å². The fourth-order valence-electron chi connectivity index (χ4n) is 21.1. The summed E-state index contributed by atoms with van der Waals surface area (Å²) in [5.41, 5.74) is -4.61. The maximum atomic E-state index is 14.3. The molecule has 0 aliphatic heterocycles. The lowest BCUT2D eigenvalue weighted by Gasteiger charge is -2.44. The zero-order valence-electron chi connectivity index (χ0n) is 71.4. The zero-order valence-corrected chi connectivity index (χ0v) is 71.4. The van der Waals surface area contributed by atoms with Crippen LogP contribution in [-0.2, 0) is 30.9 Å². The highest BCUT2D eigenvalue weighted by molar-refractivity contribution is 5.99. The van der Waals surface area contributed by atoms with Gasteiger partial charge < -0.3 is 4.74 Å². The van der Waals surface area contributed by atoms with Gasteiger partial charge in [-0.3, -0.25) is 56.6 Å². The summed E-state index contributed by atoms with van der Waals surface area (Å²) in [6.45, 7) is 17.4. The van der Waals surface area contributed by atoms with Gasteiger partial charge in [-0.25, -0.2) is 0 Å². The van der Waals surface area contributed by atoms with Gasteiger partial charge in [-0.2, -0.15) is 0 Å². The zero-order chi connectivity index (χ0) is 79.1. The Morgan fingerprint density at radius 3 is 0.694 bits per heavy atom. The third-order valence-corrected chi connectivity index (χ3v) is 27.5. The van der Waals surface area contributed by atoms with Crippen molar-refractivity contribution in [3.05, 3.63) is 120 Å². The van der Waals surface area contributed by atoms with Crippen LogP contribution in [0.5, 0.6) is 0 Å². The van der Waals surface area contributed by atoms with Crippen LogP contribution >= 0.6 is 0 Å². The maximum Gasteiger partial charge on any atom is 0.261 e. The lowest BCUT2D eigenvalue weighted by atomic mass is 9.61. The first kappa shape index (κ1) is 91.2. The Bertz CT molecular complexity index is 3920. The molecule has 0 saturated heterocycles. The highest BCUT2D eigenvalue weighted by atomic mass is 16.5. The molecule has 13 heteroatoms. The van der Waals surface area contributed by atoms with Gasteiger partial charge in [0.05, 0.1) is 68.9 Å². The molecule has 13 nitrogen and oxygen atoms in total. The van der Waals surface area contributed by atoms with E-state index in [1.165, 1.54) is 348 Å². The molecule has 4 aromatic heterocycles. The number of aromatic nitrogens is 4. The number of hydrogen-bond acceptors (Lipinski definition) is 9. The van der Waals surface area contributed by atoms with Crippen LogP contribution in [0.3, 0.4) is 0 Å². The van der Waals surface area contributed by atoms with Gasteiger partial charge in [0.25, 0.3) is 44.5 Å². The quantitative estimate of drug-likeness (QED) is 0.0267. The molecule has 9 atom stereocenters. The van der Waals surface area contributed by atoms with Gasteiger partial charge in [0, 0.05) is 13.1 Å². The highest BCUT2D eigenvalue weighted by Gasteiger charge is 2.40. The Morgan fingerprint density at radius 2 is 0.468 bits per heavy atom. The lowest BCUT2D eigenvalue weighted by Crippen LogP contribution is -2.38. The van der Waals surface area contributed by atoms with E-state index in [1.54, 1.807) is 0 Å². The second-order valence-corrected chi connectivity index (χ2v) is 35.7. The van der Waals surface area contributed by atoms with Crippen molar-refractivity contribution in [1.29, 1.82) is 0 Å². The number of hydrogen-bond donors (Lipinski definition) is 0. The number of benzene rings is 2. The summed E-state index contributed by atoms with van der Waals surface area (Å²) < 4.78 is 10.6. The Hall–Kier alpha value is -5.30. The summed E-state index contributed by atoms with van der Waals surface area (Å²) in [5, 5.41) is 0.392. The van der Waals surface area contributed by atoms with Crippen LogP contribution in [0.25, 0.3) is 43.1 Å². The number of nitrogens with zero attached hydrogens (tertiary/aromatic N) is 4. The van der Waals surface area contributed by atoms with Gasteiger partial charge >= 0.3 is 0 Å². The Labute approximate surface area is 669 Å². The molecule has 0 radical (unpaired) electrons. The van der Waals surface area contributed by atoms with Crippen molar-refractivity contribution >= 4 is 43.1 Å². The minimum Gasteiger partial charge on any atom is -0.370 e. The smallest absolute Gasteiger partial charge is 0.261 e. The van der Waals surface area contributed by atoms with E-state index in [9.17, 15) is 38.4 Å². The molecule has 2 aliphatic rings. The molecule has 2 aliphatic carbocycles. The molecule has 0 N–H and O–H groups in total. The molecule has 111 heavy (non-hydrogen) atoms. The molecular formula is C98H156N4O9. The van der Waals surface area contributed by atoms with Gasteiger partial charge in [-0.05, 0) is 136 Å². The Balaban J connectivity index is 0.849. The number of fused-ring (bicyclic) bond motifs is 4. The minimum atomic E-state index is -1.06. The van der Waals surface area contributed by atoms with Crippen LogP contribution in [0, 0.1) is 47.3 Å². The van der Waals surface area contributed by atoms with Gasteiger partial charge in [0.2, 0.25) is 0 Å².